The number of alkyl halides is 3. The number of aryl methyl sites for hydroxylation is 1. The summed E-state index contributed by atoms with van der Waals surface area (Å²) in [6.07, 6.45) is -5.20. The number of pyridine rings is 1. The SMILES string of the molecule is Cc1nc2nc(C(F)(F)F)c([C@H](C)Nc3ccc(C(=O)N4C[C@@H](C)C(O)[C@@H](C)C4)cc3)cc2c(=O)n1C. The van der Waals surface area contributed by atoms with Gasteiger partial charge < -0.3 is 15.3 Å². The van der Waals surface area contributed by atoms with E-state index in [9.17, 15) is 27.9 Å². The number of nitrogens with one attached hydrogen (secondary N) is 1. The first kappa shape index (κ1) is 26.6. The Bertz CT molecular complexity index is 1380. The predicted molar refractivity (Wildman–Crippen MR) is 133 cm³/mol. The van der Waals surface area contributed by atoms with Gasteiger partial charge in [0.2, 0.25) is 0 Å². The average molecular weight is 518 g/mol. The van der Waals surface area contributed by atoms with Crippen LogP contribution in [0.3, 0.4) is 0 Å². The molecule has 3 heterocycles. The number of amides is 1. The van der Waals surface area contributed by atoms with Gasteiger partial charge in [-0.3, -0.25) is 14.2 Å². The molecule has 4 atom stereocenters. The van der Waals surface area contributed by atoms with Crippen LogP contribution < -0.4 is 10.9 Å². The van der Waals surface area contributed by atoms with Gasteiger partial charge in [-0.2, -0.15) is 13.2 Å². The van der Waals surface area contributed by atoms with Gasteiger partial charge in [0.05, 0.1) is 17.5 Å². The number of hydrogen-bond acceptors (Lipinski definition) is 6. The molecule has 198 valence electrons. The number of likely N-dealkylation sites (tertiary alicyclic amines) is 1. The van der Waals surface area contributed by atoms with Crippen LogP contribution in [0.4, 0.5) is 18.9 Å². The van der Waals surface area contributed by atoms with E-state index in [-0.39, 0.29) is 40.2 Å². The first-order chi connectivity index (χ1) is 17.3. The fourth-order valence-corrected chi connectivity index (χ4v) is 4.81. The van der Waals surface area contributed by atoms with Crippen LogP contribution in [0, 0.1) is 18.8 Å². The maximum absolute atomic E-state index is 13.9. The van der Waals surface area contributed by atoms with Crippen LogP contribution >= 0.6 is 0 Å². The fourth-order valence-electron chi connectivity index (χ4n) is 4.81. The molecule has 1 fully saturated rings. The lowest BCUT2D eigenvalue weighted by atomic mass is 9.88. The molecule has 1 aliphatic heterocycles. The summed E-state index contributed by atoms with van der Waals surface area (Å²) in [5.41, 5.74) is -1.07. The minimum atomic E-state index is -4.75. The minimum absolute atomic E-state index is 0.000742. The molecule has 0 radical (unpaired) electrons. The zero-order chi connectivity index (χ0) is 27.2. The summed E-state index contributed by atoms with van der Waals surface area (Å²) in [6, 6.07) is 6.82. The summed E-state index contributed by atoms with van der Waals surface area (Å²) in [4.78, 5) is 35.1. The van der Waals surface area contributed by atoms with Crippen molar-refractivity contribution in [2.75, 3.05) is 18.4 Å². The highest BCUT2D eigenvalue weighted by Crippen LogP contribution is 2.35. The Morgan fingerprint density at radius 3 is 2.30 bits per heavy atom. The number of halogens is 3. The maximum Gasteiger partial charge on any atom is 0.433 e. The third-order valence-corrected chi connectivity index (χ3v) is 7.04. The zero-order valence-corrected chi connectivity index (χ0v) is 21.3. The summed E-state index contributed by atoms with van der Waals surface area (Å²) >= 11 is 0. The van der Waals surface area contributed by atoms with Crippen molar-refractivity contribution in [3.8, 4) is 0 Å². The maximum atomic E-state index is 13.9. The number of rotatable bonds is 4. The van der Waals surface area contributed by atoms with Gasteiger partial charge in [-0.05, 0) is 56.0 Å². The van der Waals surface area contributed by atoms with Crippen LogP contribution in [0.1, 0.15) is 54.3 Å². The summed E-state index contributed by atoms with van der Waals surface area (Å²) in [5, 5.41) is 13.2. The van der Waals surface area contributed by atoms with Crippen LogP contribution in [-0.2, 0) is 13.2 Å². The van der Waals surface area contributed by atoms with E-state index in [0.29, 0.717) is 24.3 Å². The van der Waals surface area contributed by atoms with Crippen molar-refractivity contribution >= 4 is 22.6 Å². The monoisotopic (exact) mass is 517 g/mol. The molecule has 8 nitrogen and oxygen atoms in total. The molecule has 4 rings (SSSR count). The van der Waals surface area contributed by atoms with E-state index < -0.39 is 29.6 Å². The highest BCUT2D eigenvalue weighted by Gasteiger charge is 2.38. The summed E-state index contributed by atoms with van der Waals surface area (Å²) in [7, 11) is 1.50. The molecule has 1 unspecified atom stereocenters. The summed E-state index contributed by atoms with van der Waals surface area (Å²) in [5.74, 6) is 0.0193. The highest BCUT2D eigenvalue weighted by molar-refractivity contribution is 5.94. The summed E-state index contributed by atoms with van der Waals surface area (Å²) < 4.78 is 42.9. The third-order valence-electron chi connectivity index (χ3n) is 7.04. The first-order valence-corrected chi connectivity index (χ1v) is 12.1. The molecule has 1 aliphatic rings. The van der Waals surface area contributed by atoms with Crippen molar-refractivity contribution < 1.29 is 23.1 Å². The molecule has 37 heavy (non-hydrogen) atoms. The average Bonchev–Trinajstić information content (AvgIpc) is 2.84. The van der Waals surface area contributed by atoms with Crippen molar-refractivity contribution in [2.45, 2.75) is 46.0 Å². The second kappa shape index (κ2) is 9.77. The third kappa shape index (κ3) is 5.18. The number of benzene rings is 1. The highest BCUT2D eigenvalue weighted by atomic mass is 19.4. The second-order valence-electron chi connectivity index (χ2n) is 9.92. The normalized spacial score (nSPS) is 21.2. The van der Waals surface area contributed by atoms with Crippen LogP contribution in [0.25, 0.3) is 11.0 Å². The number of hydrogen-bond donors (Lipinski definition) is 2. The number of nitrogens with zero attached hydrogens (tertiary/aromatic N) is 4. The Labute approximate surface area is 212 Å². The molecule has 2 aromatic heterocycles. The Balaban J connectivity index is 1.60. The number of carbonyl (C=O) groups is 1. The van der Waals surface area contributed by atoms with E-state index in [4.69, 9.17) is 0 Å². The Hall–Kier alpha value is -3.47. The van der Waals surface area contributed by atoms with Gasteiger partial charge in [0, 0.05) is 37.0 Å². The number of anilines is 1. The van der Waals surface area contributed by atoms with Crippen LogP contribution in [0.5, 0.6) is 0 Å². The van der Waals surface area contributed by atoms with Gasteiger partial charge in [-0.1, -0.05) is 13.8 Å². The number of piperidine rings is 1. The van der Waals surface area contributed by atoms with E-state index in [1.165, 1.54) is 24.6 Å². The first-order valence-electron chi connectivity index (χ1n) is 12.1. The minimum Gasteiger partial charge on any atom is -0.392 e. The molecule has 3 aromatic rings. The van der Waals surface area contributed by atoms with Crippen molar-refractivity contribution in [1.82, 2.24) is 19.4 Å². The smallest absolute Gasteiger partial charge is 0.392 e. The van der Waals surface area contributed by atoms with Crippen LogP contribution in [0.15, 0.2) is 35.1 Å². The van der Waals surface area contributed by atoms with E-state index in [2.05, 4.69) is 15.3 Å². The predicted octanol–water partition coefficient (Wildman–Crippen LogP) is 3.92. The molecule has 1 amide bonds. The molecule has 0 aliphatic carbocycles. The van der Waals surface area contributed by atoms with Crippen LogP contribution in [-0.4, -0.2) is 49.6 Å². The Kier molecular flexibility index (Phi) is 7.02. The van der Waals surface area contributed by atoms with E-state index in [1.807, 2.05) is 13.8 Å². The van der Waals surface area contributed by atoms with Gasteiger partial charge in [0.1, 0.15) is 5.82 Å². The van der Waals surface area contributed by atoms with Gasteiger partial charge in [0.15, 0.2) is 11.3 Å². The zero-order valence-electron chi connectivity index (χ0n) is 21.3. The summed E-state index contributed by atoms with van der Waals surface area (Å²) in [6.45, 7) is 7.77. The molecule has 0 spiro atoms. The lowest BCUT2D eigenvalue weighted by Crippen LogP contribution is -2.49. The van der Waals surface area contributed by atoms with Crippen molar-refractivity contribution in [3.05, 3.63) is 63.3 Å². The second-order valence-corrected chi connectivity index (χ2v) is 9.92. The number of carbonyl (C=O) groups excluding carboxylic acids is 1. The largest absolute Gasteiger partial charge is 0.433 e. The van der Waals surface area contributed by atoms with Crippen molar-refractivity contribution in [1.29, 1.82) is 0 Å². The molecule has 0 bridgehead atoms. The lowest BCUT2D eigenvalue weighted by molar-refractivity contribution is -0.141. The van der Waals surface area contributed by atoms with Gasteiger partial charge in [-0.25, -0.2) is 9.97 Å². The Morgan fingerprint density at radius 2 is 1.73 bits per heavy atom. The van der Waals surface area contributed by atoms with E-state index >= 15 is 0 Å². The van der Waals surface area contributed by atoms with Gasteiger partial charge in [-0.15, -0.1) is 0 Å². The lowest BCUT2D eigenvalue weighted by Gasteiger charge is -2.38. The number of aliphatic hydroxyl groups excluding tert-OH is 1. The number of aromatic nitrogens is 3. The molecule has 11 heteroatoms. The number of aliphatic hydroxyl groups is 1. The van der Waals surface area contributed by atoms with Crippen LogP contribution in [0.2, 0.25) is 0 Å². The molecular formula is C26H30F3N5O3. The Morgan fingerprint density at radius 1 is 1.14 bits per heavy atom. The topological polar surface area (TPSA) is 100 Å². The molecular weight excluding hydrogens is 487 g/mol. The molecule has 0 saturated carbocycles. The fraction of sp³-hybridized carbons (Fsp3) is 0.462. The molecule has 1 aromatic carbocycles. The standard InChI is InChI=1S/C26H30F3N5O3/c1-13-11-34(12-14(2)21(13)35)24(36)17-6-8-18(9-7-17)30-15(3)19-10-20-23(32-22(19)26(27,28)29)31-16(4)33(5)25(20)37/h6-10,13-15,21,30,35H,11-12H2,1-5H3/t13-,14+,15-,21?/m0/s1. The van der Waals surface area contributed by atoms with Crippen molar-refractivity contribution in [2.24, 2.45) is 18.9 Å². The number of fused-ring (bicyclic) bond motifs is 1. The molecule has 2 N–H and O–H groups in total. The van der Waals surface area contributed by atoms with Gasteiger partial charge >= 0.3 is 6.18 Å². The quantitative estimate of drug-likeness (QED) is 0.544. The van der Waals surface area contributed by atoms with Crippen molar-refractivity contribution in [3.63, 3.8) is 0 Å². The van der Waals surface area contributed by atoms with E-state index in [1.54, 1.807) is 36.1 Å². The van der Waals surface area contributed by atoms with Gasteiger partial charge in [0.25, 0.3) is 11.5 Å². The van der Waals surface area contributed by atoms with E-state index in [0.717, 1.165) is 0 Å². The molecule has 1 saturated heterocycles.